The van der Waals surface area contributed by atoms with Gasteiger partial charge in [-0.2, -0.15) is 0 Å². The van der Waals surface area contributed by atoms with Crippen molar-refractivity contribution in [3.8, 4) is 0 Å². The number of alkyl carbamates (subject to hydrolysis) is 1. The predicted molar refractivity (Wildman–Crippen MR) is 64.7 cm³/mol. The lowest BCUT2D eigenvalue weighted by molar-refractivity contribution is 0.151. The lowest BCUT2D eigenvalue weighted by Crippen LogP contribution is -2.33. The normalized spacial score (nSPS) is 15.7. The Morgan fingerprint density at radius 1 is 1.33 bits per heavy atom. The van der Waals surface area contributed by atoms with Crippen LogP contribution in [0.4, 0.5) is 4.79 Å². The van der Waals surface area contributed by atoms with Gasteiger partial charge in [0.05, 0.1) is 12.6 Å². The number of hydrogen-bond donors (Lipinski definition) is 1. The Balaban J connectivity index is 2.14. The molecule has 0 bridgehead atoms. The van der Waals surface area contributed by atoms with Gasteiger partial charge in [0.2, 0.25) is 0 Å². The molecule has 84 valence electrons. The van der Waals surface area contributed by atoms with Gasteiger partial charge in [-0.15, -0.1) is 0 Å². The summed E-state index contributed by atoms with van der Waals surface area (Å²) in [6.45, 7) is 7.31. The van der Waals surface area contributed by atoms with E-state index in [-0.39, 0.29) is 12.1 Å². The fraction of sp³-hybridized carbons (Fsp3) is 0.545. The van der Waals surface area contributed by atoms with Crippen LogP contribution in [0.25, 0.3) is 0 Å². The Kier molecular flexibility index (Phi) is 4.14. The minimum atomic E-state index is -1.10. The zero-order chi connectivity index (χ0) is 11.3. The van der Waals surface area contributed by atoms with Crippen LogP contribution in [-0.2, 0) is 4.74 Å². The standard InChI is InChI=1S/C11H19NO2Si/c1-15(2,3)9-8-14-11(13)12-10-6-4-5-7-10/h4-7,10H,8-9H2,1-3H3,(H,12,13). The molecular formula is C11H19NO2Si. The van der Waals surface area contributed by atoms with Crippen molar-refractivity contribution in [2.75, 3.05) is 6.61 Å². The number of hydrogen-bond acceptors (Lipinski definition) is 2. The molecule has 4 heteroatoms. The Labute approximate surface area is 92.2 Å². The molecule has 1 aliphatic carbocycles. The lowest BCUT2D eigenvalue weighted by atomic mass is 10.3. The molecule has 3 nitrogen and oxygen atoms in total. The van der Waals surface area contributed by atoms with Crippen molar-refractivity contribution in [3.63, 3.8) is 0 Å². The van der Waals surface area contributed by atoms with Crippen molar-refractivity contribution in [1.82, 2.24) is 5.32 Å². The highest BCUT2D eigenvalue weighted by molar-refractivity contribution is 6.76. The third kappa shape index (κ3) is 5.42. The van der Waals surface area contributed by atoms with Gasteiger partial charge in [0.15, 0.2) is 0 Å². The van der Waals surface area contributed by atoms with Gasteiger partial charge in [-0.1, -0.05) is 43.9 Å². The first-order valence-corrected chi connectivity index (χ1v) is 8.96. The molecule has 1 aliphatic rings. The number of carbonyl (C=O) groups excluding carboxylic acids is 1. The molecule has 0 spiro atoms. The summed E-state index contributed by atoms with van der Waals surface area (Å²) in [4.78, 5) is 11.3. The second-order valence-corrected chi connectivity index (χ2v) is 10.5. The molecule has 0 saturated heterocycles. The van der Waals surface area contributed by atoms with Crippen LogP contribution in [0.3, 0.4) is 0 Å². The van der Waals surface area contributed by atoms with Gasteiger partial charge in [-0.05, 0) is 6.04 Å². The molecule has 1 rings (SSSR count). The summed E-state index contributed by atoms with van der Waals surface area (Å²) >= 11 is 0. The van der Waals surface area contributed by atoms with Crippen molar-refractivity contribution in [1.29, 1.82) is 0 Å². The maximum absolute atomic E-state index is 11.3. The molecule has 0 aliphatic heterocycles. The van der Waals surface area contributed by atoms with Crippen molar-refractivity contribution < 1.29 is 9.53 Å². The summed E-state index contributed by atoms with van der Waals surface area (Å²) in [5.74, 6) is 0. The number of amides is 1. The van der Waals surface area contributed by atoms with Crippen molar-refractivity contribution >= 4 is 14.2 Å². The molecule has 0 unspecified atom stereocenters. The average molecular weight is 225 g/mol. The highest BCUT2D eigenvalue weighted by Crippen LogP contribution is 2.07. The van der Waals surface area contributed by atoms with Gasteiger partial charge < -0.3 is 10.1 Å². The highest BCUT2D eigenvalue weighted by atomic mass is 28.3. The quantitative estimate of drug-likeness (QED) is 0.747. The highest BCUT2D eigenvalue weighted by Gasteiger charge is 2.14. The molecule has 0 heterocycles. The summed E-state index contributed by atoms with van der Waals surface area (Å²) in [5, 5.41) is 2.75. The average Bonchev–Trinajstić information content (AvgIpc) is 2.54. The van der Waals surface area contributed by atoms with Gasteiger partial charge in [-0.25, -0.2) is 4.79 Å². The van der Waals surface area contributed by atoms with Crippen LogP contribution in [-0.4, -0.2) is 26.8 Å². The molecule has 0 radical (unpaired) electrons. The first-order chi connectivity index (χ1) is 6.97. The zero-order valence-corrected chi connectivity index (χ0v) is 10.6. The van der Waals surface area contributed by atoms with Crippen molar-refractivity contribution in [2.24, 2.45) is 0 Å². The third-order valence-electron chi connectivity index (χ3n) is 2.12. The fourth-order valence-electron chi connectivity index (χ4n) is 1.16. The fourth-order valence-corrected chi connectivity index (χ4v) is 1.87. The number of carbonyl (C=O) groups is 1. The van der Waals surface area contributed by atoms with Gasteiger partial charge in [0.1, 0.15) is 0 Å². The molecule has 1 amide bonds. The van der Waals surface area contributed by atoms with Crippen LogP contribution in [0, 0.1) is 0 Å². The van der Waals surface area contributed by atoms with Crippen LogP contribution in [0.1, 0.15) is 0 Å². The maximum atomic E-state index is 11.3. The molecule has 0 atom stereocenters. The molecule has 0 aromatic carbocycles. The van der Waals surface area contributed by atoms with Gasteiger partial charge in [0.25, 0.3) is 0 Å². The lowest BCUT2D eigenvalue weighted by Gasteiger charge is -2.16. The van der Waals surface area contributed by atoms with Crippen LogP contribution in [0.2, 0.25) is 25.7 Å². The first kappa shape index (κ1) is 12.0. The molecule has 0 aromatic rings. The number of nitrogens with one attached hydrogen (secondary N) is 1. The summed E-state index contributed by atoms with van der Waals surface area (Å²) in [5.41, 5.74) is 0. The zero-order valence-electron chi connectivity index (χ0n) is 9.62. The van der Waals surface area contributed by atoms with Gasteiger partial charge >= 0.3 is 6.09 Å². The van der Waals surface area contributed by atoms with Gasteiger partial charge in [0, 0.05) is 8.07 Å². The minimum Gasteiger partial charge on any atom is -0.450 e. The molecule has 0 fully saturated rings. The second kappa shape index (κ2) is 5.16. The largest absolute Gasteiger partial charge is 0.450 e. The summed E-state index contributed by atoms with van der Waals surface area (Å²) in [7, 11) is -1.10. The van der Waals surface area contributed by atoms with E-state index in [1.807, 2.05) is 24.3 Å². The SMILES string of the molecule is C[Si](C)(C)CCOC(=O)NC1C=CC=C1. The van der Waals surface area contributed by atoms with Crippen LogP contribution in [0.5, 0.6) is 0 Å². The maximum Gasteiger partial charge on any atom is 0.407 e. The van der Waals surface area contributed by atoms with Crippen molar-refractivity contribution in [3.05, 3.63) is 24.3 Å². The van der Waals surface area contributed by atoms with E-state index in [4.69, 9.17) is 4.74 Å². The monoisotopic (exact) mass is 225 g/mol. The Hall–Kier alpha value is -1.03. The predicted octanol–water partition coefficient (Wildman–Crippen LogP) is 2.55. The van der Waals surface area contributed by atoms with E-state index >= 15 is 0 Å². The smallest absolute Gasteiger partial charge is 0.407 e. The third-order valence-corrected chi connectivity index (χ3v) is 3.82. The first-order valence-electron chi connectivity index (χ1n) is 5.26. The number of ether oxygens (including phenoxy) is 1. The molecule has 0 saturated carbocycles. The Bertz CT molecular complexity index is 267. The van der Waals surface area contributed by atoms with Crippen molar-refractivity contribution in [2.45, 2.75) is 31.7 Å². The summed E-state index contributed by atoms with van der Waals surface area (Å²) < 4.78 is 5.10. The topological polar surface area (TPSA) is 38.3 Å². The van der Waals surface area contributed by atoms with E-state index in [1.165, 1.54) is 0 Å². The minimum absolute atomic E-state index is 0.00406. The van der Waals surface area contributed by atoms with E-state index < -0.39 is 8.07 Å². The number of allylic oxidation sites excluding steroid dienone is 2. The van der Waals surface area contributed by atoms with E-state index in [2.05, 4.69) is 25.0 Å². The van der Waals surface area contributed by atoms with E-state index in [9.17, 15) is 4.79 Å². The van der Waals surface area contributed by atoms with Gasteiger partial charge in [-0.3, -0.25) is 0 Å². The summed E-state index contributed by atoms with van der Waals surface area (Å²) in [6.07, 6.45) is 7.33. The van der Waals surface area contributed by atoms with Crippen LogP contribution in [0.15, 0.2) is 24.3 Å². The molecule has 1 N–H and O–H groups in total. The van der Waals surface area contributed by atoms with E-state index in [1.54, 1.807) is 0 Å². The number of rotatable bonds is 4. The van der Waals surface area contributed by atoms with E-state index in [0.29, 0.717) is 6.61 Å². The second-order valence-electron chi connectivity index (χ2n) is 4.89. The Morgan fingerprint density at radius 2 is 1.93 bits per heavy atom. The van der Waals surface area contributed by atoms with Crippen LogP contribution >= 0.6 is 0 Å². The Morgan fingerprint density at radius 3 is 2.47 bits per heavy atom. The van der Waals surface area contributed by atoms with E-state index in [0.717, 1.165) is 6.04 Å². The molecular weight excluding hydrogens is 206 g/mol. The molecule has 0 aromatic heterocycles. The summed E-state index contributed by atoms with van der Waals surface area (Å²) in [6, 6.07) is 1.01. The molecule has 15 heavy (non-hydrogen) atoms. The van der Waals surface area contributed by atoms with Crippen LogP contribution < -0.4 is 5.32 Å².